The molecule has 0 aromatic rings. The molecule has 0 saturated carbocycles. The number of rotatable bonds is 13. The predicted molar refractivity (Wildman–Crippen MR) is 105 cm³/mol. The number of aliphatic hydroxyl groups is 1. The van der Waals surface area contributed by atoms with E-state index >= 15 is 0 Å². The molecule has 0 fully saturated rings. The molecule has 0 aliphatic heterocycles. The number of amides is 1. The molecule has 0 spiro atoms. The molecular formula is C15H35NO5Si3. The molecular weight excluding hydrogens is 358 g/mol. The SMILES string of the molecule is C=CC(=O)NCC(O)COCCC[SiH](O[Si](C)(C)C)O[Si](C)(C)C. The molecule has 142 valence electrons. The Morgan fingerprint density at radius 3 is 2.21 bits per heavy atom. The van der Waals surface area contributed by atoms with Gasteiger partial charge >= 0.3 is 9.28 Å². The molecule has 0 bridgehead atoms. The monoisotopic (exact) mass is 393 g/mol. The molecule has 1 amide bonds. The lowest BCUT2D eigenvalue weighted by Crippen LogP contribution is -2.43. The van der Waals surface area contributed by atoms with Crippen molar-refractivity contribution in [3.63, 3.8) is 0 Å². The van der Waals surface area contributed by atoms with Gasteiger partial charge in [0, 0.05) is 13.2 Å². The van der Waals surface area contributed by atoms with E-state index in [2.05, 4.69) is 51.2 Å². The van der Waals surface area contributed by atoms with Crippen molar-refractivity contribution < 1.29 is 22.9 Å². The Labute approximate surface area is 150 Å². The maximum atomic E-state index is 11.0. The van der Waals surface area contributed by atoms with E-state index in [9.17, 15) is 9.90 Å². The molecule has 24 heavy (non-hydrogen) atoms. The summed E-state index contributed by atoms with van der Waals surface area (Å²) in [6.07, 6.45) is 1.32. The van der Waals surface area contributed by atoms with Crippen LogP contribution in [0.3, 0.4) is 0 Å². The fourth-order valence-electron chi connectivity index (χ4n) is 1.85. The largest absolute Gasteiger partial charge is 0.439 e. The highest BCUT2D eigenvalue weighted by Crippen LogP contribution is 2.15. The predicted octanol–water partition coefficient (Wildman–Crippen LogP) is 1.98. The van der Waals surface area contributed by atoms with Gasteiger partial charge in [-0.05, 0) is 57.8 Å². The average molecular weight is 394 g/mol. The van der Waals surface area contributed by atoms with Crippen LogP contribution in [0, 0.1) is 0 Å². The van der Waals surface area contributed by atoms with E-state index in [-0.39, 0.29) is 19.1 Å². The van der Waals surface area contributed by atoms with E-state index in [1.54, 1.807) is 0 Å². The van der Waals surface area contributed by atoms with Gasteiger partial charge in [-0.1, -0.05) is 6.58 Å². The Balaban J connectivity index is 4.02. The van der Waals surface area contributed by atoms with Crippen LogP contribution in [0.4, 0.5) is 0 Å². The van der Waals surface area contributed by atoms with E-state index in [0.29, 0.717) is 6.61 Å². The molecule has 6 nitrogen and oxygen atoms in total. The first-order chi connectivity index (χ1) is 10.9. The van der Waals surface area contributed by atoms with E-state index in [0.717, 1.165) is 12.5 Å². The highest BCUT2D eigenvalue weighted by atomic mass is 28.4. The standard InChI is InChI=1S/C15H35NO5Si3/c1-8-15(18)16-12-14(17)13-19-10-9-11-22(20-23(2,3)4)21-24(5,6)7/h8,14,17,22H,1,9-13H2,2-7H3,(H,16,18). The van der Waals surface area contributed by atoms with Crippen molar-refractivity contribution >= 4 is 31.8 Å². The summed E-state index contributed by atoms with van der Waals surface area (Å²) in [7, 11) is -4.87. The van der Waals surface area contributed by atoms with Gasteiger partial charge in [0.15, 0.2) is 16.6 Å². The number of ether oxygens (including phenoxy) is 1. The van der Waals surface area contributed by atoms with Gasteiger partial charge in [-0.25, -0.2) is 0 Å². The lowest BCUT2D eigenvalue weighted by atomic mass is 10.3. The Kier molecular flexibility index (Phi) is 11.2. The second-order valence-electron chi connectivity index (χ2n) is 7.71. The molecule has 0 aromatic carbocycles. The first-order valence-electron chi connectivity index (χ1n) is 8.44. The van der Waals surface area contributed by atoms with Gasteiger partial charge in [0.2, 0.25) is 5.91 Å². The van der Waals surface area contributed by atoms with Crippen LogP contribution in [0.15, 0.2) is 12.7 Å². The van der Waals surface area contributed by atoms with Gasteiger partial charge in [0.05, 0.1) is 12.7 Å². The molecule has 9 heteroatoms. The molecule has 1 unspecified atom stereocenters. The van der Waals surface area contributed by atoms with Crippen molar-refractivity contribution in [2.24, 2.45) is 0 Å². The summed E-state index contributed by atoms with van der Waals surface area (Å²) in [4.78, 5) is 11.0. The van der Waals surface area contributed by atoms with Gasteiger partial charge < -0.3 is 23.4 Å². The summed E-state index contributed by atoms with van der Waals surface area (Å²) in [5.41, 5.74) is 0. The minimum atomic E-state index is -1.67. The third-order valence-corrected chi connectivity index (χ3v) is 11.3. The molecule has 0 saturated heterocycles. The lowest BCUT2D eigenvalue weighted by molar-refractivity contribution is -0.117. The maximum Gasteiger partial charge on any atom is 0.300 e. The minimum absolute atomic E-state index is 0.166. The van der Waals surface area contributed by atoms with Gasteiger partial charge in [0.25, 0.3) is 0 Å². The van der Waals surface area contributed by atoms with Gasteiger partial charge in [-0.3, -0.25) is 4.79 Å². The normalized spacial score (nSPS) is 13.8. The minimum Gasteiger partial charge on any atom is -0.439 e. The van der Waals surface area contributed by atoms with Crippen molar-refractivity contribution in [1.82, 2.24) is 5.32 Å². The molecule has 0 radical (unpaired) electrons. The molecule has 0 aliphatic rings. The Morgan fingerprint density at radius 2 is 1.75 bits per heavy atom. The van der Waals surface area contributed by atoms with Crippen molar-refractivity contribution in [1.29, 1.82) is 0 Å². The first-order valence-corrected chi connectivity index (χ1v) is 17.0. The molecule has 0 rings (SSSR count). The first kappa shape index (κ1) is 23.7. The highest BCUT2D eigenvalue weighted by Gasteiger charge is 2.28. The number of carbonyl (C=O) groups excluding carboxylic acids is 1. The number of nitrogens with one attached hydrogen (secondary N) is 1. The summed E-state index contributed by atoms with van der Waals surface area (Å²) in [6, 6.07) is 0.915. The Morgan fingerprint density at radius 1 is 1.21 bits per heavy atom. The smallest absolute Gasteiger partial charge is 0.300 e. The fraction of sp³-hybridized carbons (Fsp3) is 0.800. The zero-order valence-electron chi connectivity index (χ0n) is 16.1. The quantitative estimate of drug-likeness (QED) is 0.284. The molecule has 2 N–H and O–H groups in total. The second-order valence-corrected chi connectivity index (χ2v) is 19.5. The van der Waals surface area contributed by atoms with Gasteiger partial charge in [-0.2, -0.15) is 0 Å². The summed E-state index contributed by atoms with van der Waals surface area (Å²) < 4.78 is 18.0. The van der Waals surface area contributed by atoms with Crippen LogP contribution in [0.2, 0.25) is 45.3 Å². The van der Waals surface area contributed by atoms with Crippen molar-refractivity contribution in [2.75, 3.05) is 19.8 Å². The fourth-order valence-corrected chi connectivity index (χ4v) is 10.2. The van der Waals surface area contributed by atoms with E-state index < -0.39 is 32.0 Å². The molecule has 0 aliphatic carbocycles. The van der Waals surface area contributed by atoms with Crippen molar-refractivity contribution in [3.8, 4) is 0 Å². The average Bonchev–Trinajstić information content (AvgIpc) is 2.40. The third kappa shape index (κ3) is 15.2. The topological polar surface area (TPSA) is 77.0 Å². The van der Waals surface area contributed by atoms with Gasteiger partial charge in [-0.15, -0.1) is 0 Å². The van der Waals surface area contributed by atoms with E-state index in [4.69, 9.17) is 13.0 Å². The summed E-state index contributed by atoms with van der Waals surface area (Å²) >= 11 is 0. The molecule has 0 aromatic heterocycles. The second kappa shape index (κ2) is 11.3. The summed E-state index contributed by atoms with van der Waals surface area (Å²) in [5, 5.41) is 12.2. The maximum absolute atomic E-state index is 11.0. The zero-order valence-corrected chi connectivity index (χ0v) is 19.2. The summed E-state index contributed by atoms with van der Waals surface area (Å²) in [5.74, 6) is -0.296. The Hall–Kier alpha value is -0.299. The van der Waals surface area contributed by atoms with E-state index in [1.807, 2.05) is 0 Å². The van der Waals surface area contributed by atoms with Crippen LogP contribution in [0.5, 0.6) is 0 Å². The highest BCUT2D eigenvalue weighted by molar-refractivity contribution is 6.81. The van der Waals surface area contributed by atoms with Crippen LogP contribution >= 0.6 is 0 Å². The third-order valence-electron chi connectivity index (χ3n) is 2.71. The molecule has 1 atom stereocenters. The number of aliphatic hydroxyl groups excluding tert-OH is 1. The van der Waals surface area contributed by atoms with Crippen molar-refractivity contribution in [2.45, 2.75) is 57.9 Å². The molecule has 0 heterocycles. The number of hydrogen-bond donors (Lipinski definition) is 2. The van der Waals surface area contributed by atoms with Gasteiger partial charge in [0.1, 0.15) is 0 Å². The summed E-state index contributed by atoms with van der Waals surface area (Å²) in [6.45, 7) is 17.4. The van der Waals surface area contributed by atoms with Crippen LogP contribution in [0.1, 0.15) is 6.42 Å². The number of carbonyl (C=O) groups is 1. The van der Waals surface area contributed by atoms with Crippen LogP contribution in [-0.4, -0.2) is 62.8 Å². The zero-order chi connectivity index (χ0) is 18.8. The number of hydrogen-bond acceptors (Lipinski definition) is 5. The van der Waals surface area contributed by atoms with Crippen LogP contribution in [-0.2, 0) is 17.8 Å². The Bertz CT molecular complexity index is 366. The van der Waals surface area contributed by atoms with Crippen LogP contribution < -0.4 is 5.32 Å². The lowest BCUT2D eigenvalue weighted by Gasteiger charge is -2.30. The van der Waals surface area contributed by atoms with Crippen LogP contribution in [0.25, 0.3) is 0 Å². The van der Waals surface area contributed by atoms with Crippen molar-refractivity contribution in [3.05, 3.63) is 12.7 Å². The van der Waals surface area contributed by atoms with E-state index in [1.165, 1.54) is 6.08 Å².